The van der Waals surface area contributed by atoms with E-state index in [1.807, 2.05) is 32.2 Å². The van der Waals surface area contributed by atoms with E-state index in [0.29, 0.717) is 6.54 Å². The molecule has 130 valence electrons. The number of hydrogen-bond acceptors (Lipinski definition) is 2. The van der Waals surface area contributed by atoms with Crippen LogP contribution < -0.4 is 10.6 Å². The monoisotopic (exact) mass is 442 g/mol. The standard InChI is InChI=1S/C18H23FN4.HI/c1-3-20-18(23-13-16-5-4-6-17(19)11-16)21-10-9-15-8-7-14(2)22-12-15;/h4-8,11-12H,3,9-10,13H2,1-2H3,(H2,20,21,23);1H. The first-order valence-electron chi connectivity index (χ1n) is 7.85. The summed E-state index contributed by atoms with van der Waals surface area (Å²) in [6.45, 7) is 5.98. The van der Waals surface area contributed by atoms with Crippen LogP contribution in [0.1, 0.15) is 23.7 Å². The third kappa shape index (κ3) is 7.25. The Morgan fingerprint density at radius 1 is 1.17 bits per heavy atom. The van der Waals surface area contributed by atoms with Gasteiger partial charge in [0.05, 0.1) is 6.54 Å². The van der Waals surface area contributed by atoms with Gasteiger partial charge in [-0.25, -0.2) is 9.38 Å². The number of halogens is 2. The van der Waals surface area contributed by atoms with Gasteiger partial charge in [0.1, 0.15) is 5.82 Å². The van der Waals surface area contributed by atoms with Gasteiger partial charge in [0.25, 0.3) is 0 Å². The van der Waals surface area contributed by atoms with Crippen molar-refractivity contribution in [2.24, 2.45) is 4.99 Å². The minimum absolute atomic E-state index is 0. The molecule has 0 aliphatic heterocycles. The Morgan fingerprint density at radius 2 is 2.00 bits per heavy atom. The van der Waals surface area contributed by atoms with Gasteiger partial charge in [0, 0.05) is 25.0 Å². The van der Waals surface area contributed by atoms with Crippen LogP contribution >= 0.6 is 24.0 Å². The van der Waals surface area contributed by atoms with Gasteiger partial charge in [-0.15, -0.1) is 24.0 Å². The van der Waals surface area contributed by atoms with Crippen LogP contribution in [0.3, 0.4) is 0 Å². The van der Waals surface area contributed by atoms with Crippen molar-refractivity contribution in [3.05, 3.63) is 65.2 Å². The van der Waals surface area contributed by atoms with Crippen LogP contribution in [0.25, 0.3) is 0 Å². The van der Waals surface area contributed by atoms with Crippen LogP contribution in [0.4, 0.5) is 4.39 Å². The predicted molar refractivity (Wildman–Crippen MR) is 107 cm³/mol. The number of aryl methyl sites for hydroxylation is 1. The van der Waals surface area contributed by atoms with Crippen molar-refractivity contribution in [3.8, 4) is 0 Å². The Balaban J connectivity index is 0.00000288. The van der Waals surface area contributed by atoms with Gasteiger partial charge in [-0.3, -0.25) is 4.98 Å². The molecule has 0 amide bonds. The highest BCUT2D eigenvalue weighted by molar-refractivity contribution is 14.0. The summed E-state index contributed by atoms with van der Waals surface area (Å²) in [5.41, 5.74) is 3.06. The summed E-state index contributed by atoms with van der Waals surface area (Å²) < 4.78 is 13.2. The van der Waals surface area contributed by atoms with Crippen LogP contribution in [-0.4, -0.2) is 24.0 Å². The number of aliphatic imine (C=N–C) groups is 1. The molecule has 0 aliphatic carbocycles. The highest BCUT2D eigenvalue weighted by atomic mass is 127. The second-order valence-electron chi connectivity index (χ2n) is 5.31. The Hall–Kier alpha value is -1.70. The molecule has 24 heavy (non-hydrogen) atoms. The van der Waals surface area contributed by atoms with Crippen LogP contribution in [0.2, 0.25) is 0 Å². The molecule has 1 heterocycles. The normalized spacial score (nSPS) is 10.9. The topological polar surface area (TPSA) is 49.3 Å². The third-order valence-electron chi connectivity index (χ3n) is 3.33. The van der Waals surface area contributed by atoms with Gasteiger partial charge < -0.3 is 10.6 Å². The maximum atomic E-state index is 13.2. The van der Waals surface area contributed by atoms with E-state index in [9.17, 15) is 4.39 Å². The Labute approximate surface area is 160 Å². The number of hydrogen-bond donors (Lipinski definition) is 2. The molecule has 2 aromatic rings. The smallest absolute Gasteiger partial charge is 0.191 e. The fraction of sp³-hybridized carbons (Fsp3) is 0.333. The van der Waals surface area contributed by atoms with E-state index in [-0.39, 0.29) is 29.8 Å². The number of pyridine rings is 1. The molecule has 1 aromatic carbocycles. The lowest BCUT2D eigenvalue weighted by Crippen LogP contribution is -2.38. The lowest BCUT2D eigenvalue weighted by Gasteiger charge is -2.11. The van der Waals surface area contributed by atoms with E-state index in [1.54, 1.807) is 6.07 Å². The molecule has 0 aliphatic rings. The molecule has 4 nitrogen and oxygen atoms in total. The number of aromatic nitrogens is 1. The zero-order chi connectivity index (χ0) is 16.5. The second-order valence-corrected chi connectivity index (χ2v) is 5.31. The summed E-state index contributed by atoms with van der Waals surface area (Å²) in [5.74, 6) is 0.499. The zero-order valence-corrected chi connectivity index (χ0v) is 16.4. The molecule has 2 N–H and O–H groups in total. The minimum Gasteiger partial charge on any atom is -0.357 e. The predicted octanol–water partition coefficient (Wildman–Crippen LogP) is 3.44. The summed E-state index contributed by atoms with van der Waals surface area (Å²) in [4.78, 5) is 8.77. The zero-order valence-electron chi connectivity index (χ0n) is 14.1. The maximum absolute atomic E-state index is 13.2. The SMILES string of the molecule is CCNC(=NCc1cccc(F)c1)NCCc1ccc(C)nc1.I. The van der Waals surface area contributed by atoms with Gasteiger partial charge in [0.2, 0.25) is 0 Å². The average molecular weight is 442 g/mol. The number of benzene rings is 1. The molecule has 1 aromatic heterocycles. The summed E-state index contributed by atoms with van der Waals surface area (Å²) in [6.07, 6.45) is 2.77. The Bertz CT molecular complexity index is 644. The van der Waals surface area contributed by atoms with Crippen molar-refractivity contribution in [1.29, 1.82) is 0 Å². The molecular weight excluding hydrogens is 418 g/mol. The van der Waals surface area contributed by atoms with E-state index >= 15 is 0 Å². The average Bonchev–Trinajstić information content (AvgIpc) is 2.54. The first-order valence-corrected chi connectivity index (χ1v) is 7.85. The van der Waals surface area contributed by atoms with Crippen molar-refractivity contribution in [2.45, 2.75) is 26.8 Å². The third-order valence-corrected chi connectivity index (χ3v) is 3.33. The van der Waals surface area contributed by atoms with Gasteiger partial charge in [-0.2, -0.15) is 0 Å². The molecule has 2 rings (SSSR count). The highest BCUT2D eigenvalue weighted by Gasteiger charge is 1.99. The number of guanidine groups is 1. The van der Waals surface area contributed by atoms with Gasteiger partial charge in [-0.1, -0.05) is 18.2 Å². The minimum atomic E-state index is -0.234. The van der Waals surface area contributed by atoms with Crippen molar-refractivity contribution < 1.29 is 4.39 Å². The largest absolute Gasteiger partial charge is 0.357 e. The number of nitrogens with one attached hydrogen (secondary N) is 2. The van der Waals surface area contributed by atoms with Crippen molar-refractivity contribution in [2.75, 3.05) is 13.1 Å². The van der Waals surface area contributed by atoms with Crippen LogP contribution in [0, 0.1) is 12.7 Å². The molecule has 0 atom stereocenters. The highest BCUT2D eigenvalue weighted by Crippen LogP contribution is 2.04. The van der Waals surface area contributed by atoms with Gasteiger partial charge >= 0.3 is 0 Å². The molecular formula is C18H24FIN4. The van der Waals surface area contributed by atoms with E-state index in [1.165, 1.54) is 17.7 Å². The summed E-state index contributed by atoms with van der Waals surface area (Å²) in [6, 6.07) is 10.6. The maximum Gasteiger partial charge on any atom is 0.191 e. The Kier molecular flexibility index (Phi) is 9.29. The van der Waals surface area contributed by atoms with E-state index in [2.05, 4.69) is 26.7 Å². The van der Waals surface area contributed by atoms with Gasteiger partial charge in [-0.05, 0) is 49.6 Å². The molecule has 0 saturated carbocycles. The molecule has 0 fully saturated rings. The molecule has 6 heteroatoms. The summed E-state index contributed by atoms with van der Waals surface area (Å²) in [5, 5.41) is 6.48. The van der Waals surface area contributed by atoms with Crippen LogP contribution in [0.5, 0.6) is 0 Å². The van der Waals surface area contributed by atoms with Crippen LogP contribution in [-0.2, 0) is 13.0 Å². The van der Waals surface area contributed by atoms with Crippen LogP contribution in [0.15, 0.2) is 47.6 Å². The quantitative estimate of drug-likeness (QED) is 0.410. The summed E-state index contributed by atoms with van der Waals surface area (Å²) >= 11 is 0. The fourth-order valence-corrected chi connectivity index (χ4v) is 2.12. The van der Waals surface area contributed by atoms with Crippen molar-refractivity contribution in [1.82, 2.24) is 15.6 Å². The summed E-state index contributed by atoms with van der Waals surface area (Å²) in [7, 11) is 0. The number of nitrogens with zero attached hydrogens (tertiary/aromatic N) is 2. The molecule has 0 unspecified atom stereocenters. The van der Waals surface area contributed by atoms with E-state index < -0.39 is 0 Å². The Morgan fingerprint density at radius 3 is 2.67 bits per heavy atom. The van der Waals surface area contributed by atoms with Crippen molar-refractivity contribution >= 4 is 29.9 Å². The molecule has 0 saturated heterocycles. The first kappa shape index (κ1) is 20.3. The van der Waals surface area contributed by atoms with Crippen molar-refractivity contribution in [3.63, 3.8) is 0 Å². The molecule has 0 bridgehead atoms. The lowest BCUT2D eigenvalue weighted by atomic mass is 10.2. The number of rotatable bonds is 6. The van der Waals surface area contributed by atoms with E-state index in [4.69, 9.17) is 0 Å². The first-order chi connectivity index (χ1) is 11.2. The van der Waals surface area contributed by atoms with Gasteiger partial charge in [0.15, 0.2) is 5.96 Å². The van der Waals surface area contributed by atoms with E-state index in [0.717, 1.165) is 36.7 Å². The molecule has 0 radical (unpaired) electrons. The second kappa shape index (κ2) is 11.0. The molecule has 0 spiro atoms. The lowest BCUT2D eigenvalue weighted by molar-refractivity contribution is 0.625. The fourth-order valence-electron chi connectivity index (χ4n) is 2.12.